The summed E-state index contributed by atoms with van der Waals surface area (Å²) in [7, 11) is 0. The van der Waals surface area contributed by atoms with Crippen LogP contribution in [0, 0.1) is 5.82 Å². The number of halogens is 4. The molecule has 0 aliphatic rings. The number of hydrogen-bond acceptors (Lipinski definition) is 1. The molecule has 16 heavy (non-hydrogen) atoms. The summed E-state index contributed by atoms with van der Waals surface area (Å²) in [6.07, 6.45) is -4.68. The monoisotopic (exact) mass is 229 g/mol. The van der Waals surface area contributed by atoms with E-state index in [2.05, 4.69) is 0 Å². The van der Waals surface area contributed by atoms with Crippen LogP contribution < -0.4 is 5.73 Å². The van der Waals surface area contributed by atoms with Crippen LogP contribution in [0.3, 0.4) is 0 Å². The highest BCUT2D eigenvalue weighted by Gasteiger charge is 2.34. The van der Waals surface area contributed by atoms with Crippen LogP contribution in [0.15, 0.2) is 30.3 Å². The summed E-state index contributed by atoms with van der Waals surface area (Å²) in [6.45, 7) is 0. The van der Waals surface area contributed by atoms with Gasteiger partial charge in [0, 0.05) is 11.1 Å². The Bertz CT molecular complexity index is 545. The average molecular weight is 229 g/mol. The van der Waals surface area contributed by atoms with Gasteiger partial charge in [-0.1, -0.05) is 6.07 Å². The van der Waals surface area contributed by atoms with E-state index in [0.29, 0.717) is 11.1 Å². The van der Waals surface area contributed by atoms with Crippen LogP contribution in [0.1, 0.15) is 5.56 Å². The maximum absolute atomic E-state index is 13.5. The fraction of sp³-hybridized carbons (Fsp3) is 0.0909. The van der Waals surface area contributed by atoms with E-state index in [4.69, 9.17) is 5.73 Å². The normalized spacial score (nSPS) is 12.0. The second kappa shape index (κ2) is 3.37. The van der Waals surface area contributed by atoms with Crippen molar-refractivity contribution in [3.63, 3.8) is 0 Å². The molecule has 5 heteroatoms. The predicted molar refractivity (Wildman–Crippen MR) is 53.3 cm³/mol. The van der Waals surface area contributed by atoms with Crippen molar-refractivity contribution in [1.82, 2.24) is 0 Å². The Kier molecular flexibility index (Phi) is 2.26. The van der Waals surface area contributed by atoms with Crippen molar-refractivity contribution in [2.45, 2.75) is 6.18 Å². The van der Waals surface area contributed by atoms with Crippen molar-refractivity contribution >= 4 is 16.5 Å². The Hall–Kier alpha value is -1.78. The van der Waals surface area contributed by atoms with E-state index in [0.717, 1.165) is 6.07 Å². The van der Waals surface area contributed by atoms with Gasteiger partial charge in [-0.3, -0.25) is 0 Å². The molecule has 0 fully saturated rings. The lowest BCUT2D eigenvalue weighted by molar-refractivity contribution is -0.139. The van der Waals surface area contributed by atoms with Gasteiger partial charge in [0.25, 0.3) is 0 Å². The Morgan fingerprint density at radius 3 is 2.31 bits per heavy atom. The molecule has 0 aliphatic carbocycles. The number of rotatable bonds is 0. The van der Waals surface area contributed by atoms with Crippen molar-refractivity contribution in [2.75, 3.05) is 5.73 Å². The summed E-state index contributed by atoms with van der Waals surface area (Å²) >= 11 is 0. The molecule has 2 rings (SSSR count). The molecule has 0 spiro atoms. The molecule has 2 aromatic carbocycles. The standard InChI is InChI=1S/C11H7F4N/c12-10-8-3-2-7(16)5-6(8)1-4-9(10)11(13,14)15/h1-5H,16H2. The first-order chi connectivity index (χ1) is 7.39. The number of benzene rings is 2. The van der Waals surface area contributed by atoms with Crippen molar-refractivity contribution in [2.24, 2.45) is 0 Å². The third-order valence-electron chi connectivity index (χ3n) is 2.28. The summed E-state index contributed by atoms with van der Waals surface area (Å²) in [5, 5.41) is 0.273. The van der Waals surface area contributed by atoms with E-state index in [1.807, 2.05) is 0 Å². The topological polar surface area (TPSA) is 26.0 Å². The van der Waals surface area contributed by atoms with E-state index in [9.17, 15) is 17.6 Å². The number of hydrogen-bond donors (Lipinski definition) is 1. The van der Waals surface area contributed by atoms with Gasteiger partial charge in [0.1, 0.15) is 5.82 Å². The Morgan fingerprint density at radius 2 is 1.69 bits per heavy atom. The van der Waals surface area contributed by atoms with Crippen molar-refractivity contribution < 1.29 is 17.6 Å². The molecule has 84 valence electrons. The van der Waals surface area contributed by atoms with Crippen LogP contribution in [0.5, 0.6) is 0 Å². The van der Waals surface area contributed by atoms with Gasteiger partial charge < -0.3 is 5.73 Å². The van der Waals surface area contributed by atoms with Crippen LogP contribution >= 0.6 is 0 Å². The van der Waals surface area contributed by atoms with Gasteiger partial charge in [0.15, 0.2) is 0 Å². The fourth-order valence-corrected chi connectivity index (χ4v) is 1.53. The average Bonchev–Trinajstić information content (AvgIpc) is 2.15. The zero-order valence-corrected chi connectivity index (χ0v) is 7.98. The van der Waals surface area contributed by atoms with Gasteiger partial charge in [0.2, 0.25) is 0 Å². The largest absolute Gasteiger partial charge is 0.419 e. The minimum Gasteiger partial charge on any atom is -0.399 e. The van der Waals surface area contributed by atoms with Crippen molar-refractivity contribution in [1.29, 1.82) is 0 Å². The van der Waals surface area contributed by atoms with Gasteiger partial charge in [-0.2, -0.15) is 13.2 Å². The maximum Gasteiger partial charge on any atom is 0.419 e. The van der Waals surface area contributed by atoms with E-state index in [1.165, 1.54) is 24.3 Å². The second-order valence-corrected chi connectivity index (χ2v) is 3.41. The molecule has 0 saturated heterocycles. The summed E-state index contributed by atoms with van der Waals surface area (Å²) in [4.78, 5) is 0. The van der Waals surface area contributed by atoms with Crippen LogP contribution in [-0.2, 0) is 6.18 Å². The molecule has 0 radical (unpaired) electrons. The van der Waals surface area contributed by atoms with Gasteiger partial charge in [0.05, 0.1) is 5.56 Å². The van der Waals surface area contributed by atoms with Gasteiger partial charge >= 0.3 is 6.18 Å². The quantitative estimate of drug-likeness (QED) is 0.542. The Labute approximate surface area is 88.5 Å². The first-order valence-electron chi connectivity index (χ1n) is 4.44. The molecule has 0 aromatic heterocycles. The minimum atomic E-state index is -4.68. The van der Waals surface area contributed by atoms with E-state index in [-0.39, 0.29) is 5.39 Å². The summed E-state index contributed by atoms with van der Waals surface area (Å²) in [5.41, 5.74) is 4.57. The van der Waals surface area contributed by atoms with Crippen LogP contribution in [0.2, 0.25) is 0 Å². The number of fused-ring (bicyclic) bond motifs is 1. The molecule has 2 N–H and O–H groups in total. The molecule has 0 unspecified atom stereocenters. The van der Waals surface area contributed by atoms with Crippen molar-refractivity contribution in [3.8, 4) is 0 Å². The van der Waals surface area contributed by atoms with Crippen molar-refractivity contribution in [3.05, 3.63) is 41.7 Å². The highest BCUT2D eigenvalue weighted by Crippen LogP contribution is 2.34. The lowest BCUT2D eigenvalue weighted by Gasteiger charge is -2.10. The lowest BCUT2D eigenvalue weighted by Crippen LogP contribution is -2.08. The zero-order valence-electron chi connectivity index (χ0n) is 7.98. The molecule has 0 heterocycles. The molecule has 0 amide bonds. The van der Waals surface area contributed by atoms with E-state index >= 15 is 0 Å². The SMILES string of the molecule is Nc1ccc2c(F)c(C(F)(F)F)ccc2c1. The first-order valence-corrected chi connectivity index (χ1v) is 4.44. The fourth-order valence-electron chi connectivity index (χ4n) is 1.53. The third-order valence-corrected chi connectivity index (χ3v) is 2.28. The number of alkyl halides is 3. The van der Waals surface area contributed by atoms with Gasteiger partial charge in [-0.25, -0.2) is 4.39 Å². The smallest absolute Gasteiger partial charge is 0.399 e. The van der Waals surface area contributed by atoms with Gasteiger partial charge in [-0.05, 0) is 29.7 Å². The molecule has 0 atom stereocenters. The first kappa shape index (κ1) is 10.7. The maximum atomic E-state index is 13.5. The lowest BCUT2D eigenvalue weighted by atomic mass is 10.1. The van der Waals surface area contributed by atoms with Crippen LogP contribution in [-0.4, -0.2) is 0 Å². The number of nitrogen functional groups attached to an aromatic ring is 1. The summed E-state index contributed by atoms with van der Waals surface area (Å²) in [5.74, 6) is -1.26. The number of anilines is 1. The number of nitrogens with two attached hydrogens (primary N) is 1. The highest BCUT2D eigenvalue weighted by molar-refractivity contribution is 5.86. The second-order valence-electron chi connectivity index (χ2n) is 3.41. The Morgan fingerprint density at radius 1 is 1.00 bits per heavy atom. The molecular weight excluding hydrogens is 222 g/mol. The molecular formula is C11H7F4N. The summed E-state index contributed by atoms with van der Waals surface area (Å²) < 4.78 is 50.7. The van der Waals surface area contributed by atoms with E-state index < -0.39 is 17.6 Å². The predicted octanol–water partition coefficient (Wildman–Crippen LogP) is 3.58. The van der Waals surface area contributed by atoms with E-state index in [1.54, 1.807) is 0 Å². The zero-order chi connectivity index (χ0) is 11.9. The third kappa shape index (κ3) is 1.68. The molecule has 2 aromatic rings. The molecule has 0 bridgehead atoms. The minimum absolute atomic E-state index is 0.0796. The Balaban J connectivity index is 2.75. The molecule has 0 saturated carbocycles. The molecule has 0 aliphatic heterocycles. The highest BCUT2D eigenvalue weighted by atomic mass is 19.4. The van der Waals surface area contributed by atoms with Crippen LogP contribution in [0.4, 0.5) is 23.2 Å². The summed E-state index contributed by atoms with van der Waals surface area (Å²) in [6, 6.07) is 5.97. The van der Waals surface area contributed by atoms with Crippen LogP contribution in [0.25, 0.3) is 10.8 Å². The molecule has 1 nitrogen and oxygen atoms in total. The van der Waals surface area contributed by atoms with Gasteiger partial charge in [-0.15, -0.1) is 0 Å².